The fourth-order valence-electron chi connectivity index (χ4n) is 2.64. The summed E-state index contributed by atoms with van der Waals surface area (Å²) in [6.45, 7) is 6.20. The molecule has 15 heavy (non-hydrogen) atoms. The maximum Gasteiger partial charge on any atom is 0.0218 e. The topological polar surface area (TPSA) is 15.3 Å². The van der Waals surface area contributed by atoms with Crippen molar-refractivity contribution in [2.24, 2.45) is 0 Å². The summed E-state index contributed by atoms with van der Waals surface area (Å²) in [5.41, 5.74) is 0. The minimum absolute atomic E-state index is 0.790. The molecule has 2 aliphatic heterocycles. The largest absolute Gasteiger partial charge is 0.312 e. The van der Waals surface area contributed by atoms with E-state index in [9.17, 15) is 0 Å². The Labute approximate surface area is 98.2 Å². The van der Waals surface area contributed by atoms with Gasteiger partial charge in [-0.2, -0.15) is 11.8 Å². The lowest BCUT2D eigenvalue weighted by Crippen LogP contribution is -2.43. The molecule has 2 aliphatic rings. The molecule has 0 amide bonds. The van der Waals surface area contributed by atoms with Crippen molar-refractivity contribution in [1.82, 2.24) is 10.2 Å². The first-order chi connectivity index (χ1) is 7.40. The van der Waals surface area contributed by atoms with Gasteiger partial charge in [-0.05, 0) is 44.5 Å². The zero-order valence-electron chi connectivity index (χ0n) is 9.87. The molecule has 2 saturated heterocycles. The van der Waals surface area contributed by atoms with Crippen molar-refractivity contribution in [3.8, 4) is 0 Å². The third kappa shape index (κ3) is 3.36. The normalized spacial score (nSPS) is 29.8. The molecule has 2 heterocycles. The number of nitrogens with one attached hydrogen (secondary N) is 1. The second-order valence-corrected chi connectivity index (χ2v) is 5.92. The molecule has 2 nitrogen and oxygen atoms in total. The third-order valence-corrected chi connectivity index (χ3v) is 4.86. The molecule has 2 rings (SSSR count). The van der Waals surface area contributed by atoms with E-state index in [1.165, 1.54) is 56.8 Å². The van der Waals surface area contributed by atoms with Gasteiger partial charge >= 0.3 is 0 Å². The summed E-state index contributed by atoms with van der Waals surface area (Å²) in [4.78, 5) is 2.68. The van der Waals surface area contributed by atoms with Gasteiger partial charge in [-0.3, -0.25) is 4.90 Å². The summed E-state index contributed by atoms with van der Waals surface area (Å²) in [7, 11) is 0. The van der Waals surface area contributed by atoms with Gasteiger partial charge < -0.3 is 5.32 Å². The third-order valence-electron chi connectivity index (χ3n) is 3.70. The van der Waals surface area contributed by atoms with Crippen LogP contribution in [0.25, 0.3) is 0 Å². The van der Waals surface area contributed by atoms with E-state index in [4.69, 9.17) is 0 Å². The Balaban J connectivity index is 1.69. The lowest BCUT2D eigenvalue weighted by Gasteiger charge is -2.28. The van der Waals surface area contributed by atoms with Gasteiger partial charge in [-0.1, -0.05) is 6.92 Å². The van der Waals surface area contributed by atoms with E-state index in [1.807, 2.05) is 0 Å². The summed E-state index contributed by atoms with van der Waals surface area (Å²) in [5.74, 6) is 2.69. The van der Waals surface area contributed by atoms with Gasteiger partial charge in [0.05, 0.1) is 0 Å². The average molecular weight is 228 g/mol. The van der Waals surface area contributed by atoms with Crippen LogP contribution in [0, 0.1) is 0 Å². The molecule has 0 radical (unpaired) electrons. The summed E-state index contributed by atoms with van der Waals surface area (Å²) < 4.78 is 0. The van der Waals surface area contributed by atoms with Crippen molar-refractivity contribution in [1.29, 1.82) is 0 Å². The number of hydrogen-bond acceptors (Lipinski definition) is 3. The van der Waals surface area contributed by atoms with Crippen molar-refractivity contribution < 1.29 is 0 Å². The summed E-state index contributed by atoms with van der Waals surface area (Å²) >= 11 is 2.10. The van der Waals surface area contributed by atoms with Crippen molar-refractivity contribution in [2.45, 2.75) is 44.7 Å². The summed E-state index contributed by atoms with van der Waals surface area (Å²) in [5, 5.41) is 3.75. The van der Waals surface area contributed by atoms with Gasteiger partial charge in [0, 0.05) is 24.4 Å². The fourth-order valence-corrected chi connectivity index (χ4v) is 3.82. The van der Waals surface area contributed by atoms with E-state index >= 15 is 0 Å². The summed E-state index contributed by atoms with van der Waals surface area (Å²) in [6, 6.07) is 1.59. The van der Waals surface area contributed by atoms with Crippen LogP contribution in [0.4, 0.5) is 0 Å². The molecular weight excluding hydrogens is 204 g/mol. The van der Waals surface area contributed by atoms with Crippen LogP contribution in [0.3, 0.4) is 0 Å². The Morgan fingerprint density at radius 2 is 2.20 bits per heavy atom. The smallest absolute Gasteiger partial charge is 0.0218 e. The molecule has 0 aromatic rings. The Kier molecular flexibility index (Phi) is 4.79. The first kappa shape index (κ1) is 11.7. The van der Waals surface area contributed by atoms with Crippen LogP contribution in [-0.2, 0) is 0 Å². The standard InChI is InChI=1S/C12H24N2S/c1-2-12(14-6-3-4-7-14)9-13-11-5-8-15-10-11/h11-13H,2-10H2,1H3. The minimum atomic E-state index is 0.790. The molecule has 2 unspecified atom stereocenters. The number of nitrogens with zero attached hydrogens (tertiary/aromatic N) is 1. The lowest BCUT2D eigenvalue weighted by molar-refractivity contribution is 0.225. The Morgan fingerprint density at radius 1 is 1.40 bits per heavy atom. The van der Waals surface area contributed by atoms with Crippen LogP contribution in [-0.4, -0.2) is 48.1 Å². The van der Waals surface area contributed by atoms with E-state index in [1.54, 1.807) is 0 Å². The zero-order chi connectivity index (χ0) is 10.5. The van der Waals surface area contributed by atoms with Crippen LogP contribution in [0.1, 0.15) is 32.6 Å². The van der Waals surface area contributed by atoms with Gasteiger partial charge in [0.15, 0.2) is 0 Å². The predicted octanol–water partition coefficient (Wildman–Crippen LogP) is 1.96. The van der Waals surface area contributed by atoms with Crippen LogP contribution < -0.4 is 5.32 Å². The molecule has 0 aromatic carbocycles. The van der Waals surface area contributed by atoms with Crippen LogP contribution >= 0.6 is 11.8 Å². The minimum Gasteiger partial charge on any atom is -0.312 e. The van der Waals surface area contributed by atoms with Crippen molar-refractivity contribution >= 4 is 11.8 Å². The van der Waals surface area contributed by atoms with Crippen LogP contribution in [0.5, 0.6) is 0 Å². The number of hydrogen-bond donors (Lipinski definition) is 1. The van der Waals surface area contributed by atoms with Gasteiger partial charge in [0.2, 0.25) is 0 Å². The molecule has 3 heteroatoms. The number of thioether (sulfide) groups is 1. The highest BCUT2D eigenvalue weighted by Gasteiger charge is 2.22. The Hall–Kier alpha value is 0.270. The van der Waals surface area contributed by atoms with E-state index in [-0.39, 0.29) is 0 Å². The quantitative estimate of drug-likeness (QED) is 0.774. The van der Waals surface area contributed by atoms with Crippen LogP contribution in [0.2, 0.25) is 0 Å². The second kappa shape index (κ2) is 6.12. The van der Waals surface area contributed by atoms with Gasteiger partial charge in [0.25, 0.3) is 0 Å². The van der Waals surface area contributed by atoms with E-state index in [0.717, 1.165) is 12.1 Å². The van der Waals surface area contributed by atoms with Crippen molar-refractivity contribution in [3.63, 3.8) is 0 Å². The zero-order valence-corrected chi connectivity index (χ0v) is 10.7. The van der Waals surface area contributed by atoms with Crippen molar-refractivity contribution in [3.05, 3.63) is 0 Å². The van der Waals surface area contributed by atoms with Gasteiger partial charge in [-0.15, -0.1) is 0 Å². The van der Waals surface area contributed by atoms with E-state index in [2.05, 4.69) is 28.9 Å². The summed E-state index contributed by atoms with van der Waals surface area (Å²) in [6.07, 6.45) is 5.50. The molecule has 0 bridgehead atoms. The van der Waals surface area contributed by atoms with Crippen LogP contribution in [0.15, 0.2) is 0 Å². The highest BCUT2D eigenvalue weighted by Crippen LogP contribution is 2.18. The number of likely N-dealkylation sites (tertiary alicyclic amines) is 1. The fraction of sp³-hybridized carbons (Fsp3) is 1.00. The number of rotatable bonds is 5. The molecule has 0 spiro atoms. The molecule has 0 aliphatic carbocycles. The monoisotopic (exact) mass is 228 g/mol. The average Bonchev–Trinajstić information content (AvgIpc) is 2.90. The highest BCUT2D eigenvalue weighted by molar-refractivity contribution is 7.99. The first-order valence-corrected chi connectivity index (χ1v) is 7.61. The van der Waals surface area contributed by atoms with Crippen molar-refractivity contribution in [2.75, 3.05) is 31.1 Å². The lowest BCUT2D eigenvalue weighted by atomic mass is 10.1. The maximum atomic E-state index is 3.75. The molecule has 2 atom stereocenters. The second-order valence-electron chi connectivity index (χ2n) is 4.77. The Bertz CT molecular complexity index is 174. The van der Waals surface area contributed by atoms with E-state index < -0.39 is 0 Å². The Morgan fingerprint density at radius 3 is 2.80 bits per heavy atom. The molecule has 0 saturated carbocycles. The maximum absolute atomic E-state index is 3.75. The van der Waals surface area contributed by atoms with Gasteiger partial charge in [0.1, 0.15) is 0 Å². The SMILES string of the molecule is CCC(CNC1CCSC1)N1CCCC1. The van der Waals surface area contributed by atoms with Gasteiger partial charge in [-0.25, -0.2) is 0 Å². The molecule has 1 N–H and O–H groups in total. The van der Waals surface area contributed by atoms with E-state index in [0.29, 0.717) is 0 Å². The molecule has 0 aromatic heterocycles. The highest BCUT2D eigenvalue weighted by atomic mass is 32.2. The predicted molar refractivity (Wildman–Crippen MR) is 68.6 cm³/mol. The molecular formula is C12H24N2S. The first-order valence-electron chi connectivity index (χ1n) is 6.45. The molecule has 88 valence electrons. The molecule has 2 fully saturated rings.